The van der Waals surface area contributed by atoms with Gasteiger partial charge < -0.3 is 50.9 Å². The number of rotatable bonds is 25. The molecule has 2 aromatic rings. The zero-order valence-electron chi connectivity index (χ0n) is 35.0. The summed E-state index contributed by atoms with van der Waals surface area (Å²) >= 11 is 1.01. The molecule has 1 aliphatic carbocycles. The Kier molecular flexibility index (Phi) is 19.5. The van der Waals surface area contributed by atoms with Crippen molar-refractivity contribution in [3.8, 4) is 0 Å². The minimum atomic E-state index is -5.59. The van der Waals surface area contributed by atoms with E-state index >= 15 is 0 Å². The topological polar surface area (TPSA) is 381 Å². The average molecular weight is 986 g/mol. The molecule has 25 nitrogen and oxygen atoms in total. The van der Waals surface area contributed by atoms with E-state index in [9.17, 15) is 62.7 Å². The average Bonchev–Trinajstić information content (AvgIpc) is 3.89. The molecule has 2 fully saturated rings. The maximum absolute atomic E-state index is 12.7. The van der Waals surface area contributed by atoms with Crippen molar-refractivity contribution in [1.29, 1.82) is 0 Å². The first-order valence-corrected chi connectivity index (χ1v) is 25.3. The summed E-state index contributed by atoms with van der Waals surface area (Å²) in [6.45, 7) is 2.42. The summed E-state index contributed by atoms with van der Waals surface area (Å²) in [4.78, 5) is 101. The van der Waals surface area contributed by atoms with Gasteiger partial charge in [0.2, 0.25) is 16.9 Å². The van der Waals surface area contributed by atoms with Crippen LogP contribution in [0.25, 0.3) is 11.2 Å². The number of anilines is 1. The van der Waals surface area contributed by atoms with Crippen LogP contribution in [0.2, 0.25) is 0 Å². The highest BCUT2D eigenvalue weighted by molar-refractivity contribution is 8.14. The highest BCUT2D eigenvalue weighted by Crippen LogP contribution is 2.61. The van der Waals surface area contributed by atoms with Gasteiger partial charge in [0.25, 0.3) is 0 Å². The summed E-state index contributed by atoms with van der Waals surface area (Å²) in [5, 5.41) is 26.3. The van der Waals surface area contributed by atoms with Crippen molar-refractivity contribution < 1.29 is 85.3 Å². The monoisotopic (exact) mass is 985 g/mol. The number of phosphoric acid groups is 3. The van der Waals surface area contributed by atoms with E-state index in [4.69, 9.17) is 19.5 Å². The molecule has 4 rings (SSSR count). The van der Waals surface area contributed by atoms with Crippen LogP contribution >= 0.6 is 35.2 Å². The van der Waals surface area contributed by atoms with Gasteiger partial charge in [0.1, 0.15) is 42.0 Å². The normalized spacial score (nSPS) is 24.3. The summed E-state index contributed by atoms with van der Waals surface area (Å²) in [6, 6.07) is 0. The molecule has 0 spiro atoms. The number of amides is 2. The first kappa shape index (κ1) is 53.3. The number of hydrogen-bond donors (Lipinski definition) is 9. The molecule has 0 aromatic carbocycles. The van der Waals surface area contributed by atoms with Gasteiger partial charge in [-0.15, -0.1) is 0 Å². The lowest BCUT2D eigenvalue weighted by molar-refractivity contribution is -0.137. The van der Waals surface area contributed by atoms with Crippen LogP contribution in [-0.2, 0) is 55.5 Å². The number of aliphatic hydroxyl groups excluding tert-OH is 2. The van der Waals surface area contributed by atoms with Crippen molar-refractivity contribution in [2.45, 2.75) is 89.9 Å². The Labute approximate surface area is 371 Å². The fourth-order valence-electron chi connectivity index (χ4n) is 6.66. The number of Topliss-reactive ketones (excluding diaryl/α,β-unsaturated/α-hetero) is 1. The van der Waals surface area contributed by atoms with Crippen molar-refractivity contribution in [2.75, 3.05) is 37.8 Å². The quantitative estimate of drug-likeness (QED) is 0.0295. The third kappa shape index (κ3) is 16.0. The maximum Gasteiger partial charge on any atom is 0.481 e. The van der Waals surface area contributed by atoms with Gasteiger partial charge in [0.15, 0.2) is 17.7 Å². The molecule has 0 radical (unpaired) electrons. The number of carbonyl (C=O) groups is 4. The van der Waals surface area contributed by atoms with Crippen LogP contribution in [0.15, 0.2) is 37.0 Å². The summed E-state index contributed by atoms with van der Waals surface area (Å²) < 4.78 is 62.3. The molecule has 1 saturated heterocycles. The smallest absolute Gasteiger partial charge is 0.386 e. The number of fused-ring (bicyclic) bond motifs is 1. The predicted molar refractivity (Wildman–Crippen MR) is 226 cm³/mol. The number of nitrogens with zero attached hydrogens (tertiary/aromatic N) is 4. The van der Waals surface area contributed by atoms with Crippen molar-refractivity contribution >= 4 is 74.9 Å². The van der Waals surface area contributed by atoms with Gasteiger partial charge >= 0.3 is 23.5 Å². The Morgan fingerprint density at radius 2 is 1.77 bits per heavy atom. The molecule has 2 aliphatic rings. The third-order valence-corrected chi connectivity index (χ3v) is 13.9. The van der Waals surface area contributed by atoms with Crippen LogP contribution in [-0.4, -0.2) is 128 Å². The van der Waals surface area contributed by atoms with E-state index in [-0.39, 0.29) is 65.0 Å². The number of hydrogen-bond acceptors (Lipinski definition) is 19. The molecular weight excluding hydrogens is 931 g/mol. The van der Waals surface area contributed by atoms with Gasteiger partial charge in [-0.3, -0.25) is 37.3 Å². The molecule has 10 N–H and O–H groups in total. The number of nitrogen functional groups attached to an aromatic ring is 1. The summed E-state index contributed by atoms with van der Waals surface area (Å²) in [5.74, 6) is -0.791. The lowest BCUT2D eigenvalue weighted by Crippen LogP contribution is -2.46. The SMILES string of the molecule is CC/C=C\C[C@@H]1C(=O)CC[C@@H]1C/C=C/C(=O)SCCNC(=O)CCNC(=O)[C@H](O)C(C)(C)COP(=O)(O)OP(=O)(O)OC[C@H]1O[C@@H](n2cnc3c(N)ncnc32)[C@H](O)[C@@H]1OP(=O)(O)O. The summed E-state index contributed by atoms with van der Waals surface area (Å²) in [5.41, 5.74) is 4.24. The van der Waals surface area contributed by atoms with Crippen molar-refractivity contribution in [3.63, 3.8) is 0 Å². The van der Waals surface area contributed by atoms with Gasteiger partial charge in [-0.05, 0) is 37.7 Å². The second-order valence-electron chi connectivity index (χ2n) is 15.4. The number of aliphatic hydroxyl groups is 2. The zero-order chi connectivity index (χ0) is 47.5. The number of ether oxygens (including phenoxy) is 1. The first-order valence-electron chi connectivity index (χ1n) is 19.8. The molecule has 2 aromatic heterocycles. The van der Waals surface area contributed by atoms with Crippen LogP contribution in [0, 0.1) is 17.3 Å². The number of carbonyl (C=O) groups excluding carboxylic acids is 4. The zero-order valence-corrected chi connectivity index (χ0v) is 38.5. The second-order valence-corrected chi connectivity index (χ2v) is 20.7. The Hall–Kier alpha value is -3.29. The lowest BCUT2D eigenvalue weighted by Gasteiger charge is -2.30. The number of nitrogens with two attached hydrogens (primary N) is 1. The van der Waals surface area contributed by atoms with Crippen LogP contribution in [0.4, 0.5) is 5.82 Å². The van der Waals surface area contributed by atoms with E-state index in [0.717, 1.165) is 41.8 Å². The van der Waals surface area contributed by atoms with Gasteiger partial charge in [-0.1, -0.05) is 50.8 Å². The third-order valence-electron chi connectivity index (χ3n) is 9.98. The fraction of sp³-hybridized carbons (Fsp3) is 0.629. The number of phosphoric ester groups is 3. The number of imidazole rings is 1. The first-order chi connectivity index (χ1) is 29.9. The molecule has 2 unspecified atom stereocenters. The van der Waals surface area contributed by atoms with E-state index in [1.807, 2.05) is 19.1 Å². The van der Waals surface area contributed by atoms with Crippen molar-refractivity contribution in [2.24, 2.45) is 17.3 Å². The van der Waals surface area contributed by atoms with Gasteiger partial charge in [-0.25, -0.2) is 28.6 Å². The Morgan fingerprint density at radius 3 is 2.47 bits per heavy atom. The van der Waals surface area contributed by atoms with E-state index in [0.29, 0.717) is 19.3 Å². The van der Waals surface area contributed by atoms with Crippen LogP contribution in [0.5, 0.6) is 0 Å². The van der Waals surface area contributed by atoms with E-state index in [1.165, 1.54) is 19.9 Å². The van der Waals surface area contributed by atoms with Crippen molar-refractivity contribution in [3.05, 3.63) is 37.0 Å². The van der Waals surface area contributed by atoms with E-state index < -0.39 is 84.6 Å². The van der Waals surface area contributed by atoms with Crippen LogP contribution in [0.3, 0.4) is 0 Å². The summed E-state index contributed by atoms with van der Waals surface area (Å²) in [7, 11) is -16.4. The Bertz CT molecular complexity index is 2170. The molecular formula is C35H54N7O18P3S. The minimum absolute atomic E-state index is 0.0258. The number of allylic oxidation sites excluding steroid dienone is 3. The predicted octanol–water partition coefficient (Wildman–Crippen LogP) is 1.56. The molecule has 1 saturated carbocycles. The standard InChI is InChI=1S/C35H54N7O18P3S/c1-4-5-6-9-22-21(11-12-23(22)43)8-7-10-26(45)64-16-15-37-25(44)13-14-38-33(48)30(47)35(2,3)18-57-63(54,55)60-62(52,53)56-17-24-29(59-61(49,50)51)28(46)34(58-24)42-20-41-27-31(36)39-19-40-32(27)42/h5-7,10,19-22,24,28-30,34,46-47H,4,8-9,11-18H2,1-3H3,(H,37,44)(H,38,48)(H,52,53)(H,54,55)(H2,36,39,40)(H2,49,50,51)/b6-5-,10-7+/t21-,22-,24+,28+,29+,30-,34+/m0/s1. The largest absolute Gasteiger partial charge is 0.481 e. The Morgan fingerprint density at radius 1 is 1.05 bits per heavy atom. The van der Waals surface area contributed by atoms with Gasteiger partial charge in [0, 0.05) is 43.0 Å². The number of thioether (sulfide) groups is 1. The molecule has 2 amide bonds. The second kappa shape index (κ2) is 23.4. The van der Waals surface area contributed by atoms with Gasteiger partial charge in [-0.2, -0.15) is 4.31 Å². The summed E-state index contributed by atoms with van der Waals surface area (Å²) in [6.07, 6.45) is 3.91. The van der Waals surface area contributed by atoms with Crippen LogP contribution < -0.4 is 16.4 Å². The van der Waals surface area contributed by atoms with Crippen LogP contribution in [0.1, 0.15) is 65.5 Å². The van der Waals surface area contributed by atoms with E-state index in [2.05, 4.69) is 34.4 Å². The molecule has 358 valence electrons. The number of aromatic nitrogens is 4. The maximum atomic E-state index is 12.7. The molecule has 9 atom stereocenters. The highest BCUT2D eigenvalue weighted by Gasteiger charge is 2.50. The fourth-order valence-corrected chi connectivity index (χ4v) is 10.1. The molecule has 64 heavy (non-hydrogen) atoms. The highest BCUT2D eigenvalue weighted by atomic mass is 32.2. The van der Waals surface area contributed by atoms with Crippen molar-refractivity contribution in [1.82, 2.24) is 30.2 Å². The Balaban J connectivity index is 1.16. The number of nitrogens with one attached hydrogen (secondary N) is 2. The molecule has 1 aliphatic heterocycles. The lowest BCUT2D eigenvalue weighted by atomic mass is 9.87. The molecule has 29 heteroatoms. The van der Waals surface area contributed by atoms with Gasteiger partial charge in [0.05, 0.1) is 19.5 Å². The van der Waals surface area contributed by atoms with E-state index in [1.54, 1.807) is 6.08 Å². The molecule has 3 heterocycles. The number of ketones is 1. The molecule has 0 bridgehead atoms. The minimum Gasteiger partial charge on any atom is -0.386 e.